The summed E-state index contributed by atoms with van der Waals surface area (Å²) in [7, 11) is 0. The molecule has 3 fully saturated rings. The topological polar surface area (TPSA) is 161 Å². The molecule has 0 radical (unpaired) electrons. The monoisotopic (exact) mass is 701 g/mol. The van der Waals surface area contributed by atoms with Crippen LogP contribution in [0.2, 0.25) is 0 Å². The van der Waals surface area contributed by atoms with Gasteiger partial charge in [-0.3, -0.25) is 0 Å². The van der Waals surface area contributed by atoms with Gasteiger partial charge in [0.05, 0.1) is 0 Å². The van der Waals surface area contributed by atoms with Gasteiger partial charge in [-0.15, -0.1) is 0 Å². The Morgan fingerprint density at radius 1 is 0.510 bits per heavy atom. The normalized spacial score (nSPS) is 22.6. The number of nitrogens with one attached hydrogen (secondary N) is 4. The van der Waals surface area contributed by atoms with E-state index in [0.717, 1.165) is 65.6 Å². The molecule has 9 heteroatoms. The minimum absolute atomic E-state index is 0.247. The van der Waals surface area contributed by atoms with Crippen LogP contribution in [0.15, 0.2) is 54.6 Å². The number of rotatable bonds is 13. The third kappa shape index (κ3) is 11.4. The van der Waals surface area contributed by atoms with Gasteiger partial charge < -0.3 is 48.1 Å². The van der Waals surface area contributed by atoms with Gasteiger partial charge in [-0.1, -0.05) is 99.5 Å². The Morgan fingerprint density at radius 3 is 1.47 bits per heavy atom. The van der Waals surface area contributed by atoms with Crippen molar-refractivity contribution >= 4 is 0 Å². The number of benzene rings is 3. The van der Waals surface area contributed by atoms with E-state index in [1.165, 1.54) is 57.8 Å². The van der Waals surface area contributed by atoms with Crippen molar-refractivity contribution in [2.75, 3.05) is 0 Å². The molecule has 51 heavy (non-hydrogen) atoms. The van der Waals surface area contributed by atoms with Crippen LogP contribution in [0.5, 0.6) is 17.2 Å². The molecule has 3 aromatic carbocycles. The number of hydrogen-bond donors (Lipinski definition) is 9. The molecule has 0 aromatic heterocycles. The molecule has 280 valence electrons. The van der Waals surface area contributed by atoms with Crippen molar-refractivity contribution in [3.8, 4) is 17.2 Å². The Bertz CT molecular complexity index is 1500. The van der Waals surface area contributed by atoms with Crippen LogP contribution in [-0.4, -0.2) is 45.5 Å². The molecular weight excluding hydrogens is 637 g/mol. The SMILES string of the molecule is Cc1cccc(CNC2CCCCC2NCc2cccc(CN)c2O)c1O.NC1CCCCC1NCc1cccc(CNC2CCCCC2)c1O. The average Bonchev–Trinajstić information content (AvgIpc) is 3.16. The molecule has 0 spiro atoms. The fourth-order valence-electron chi connectivity index (χ4n) is 8.06. The van der Waals surface area contributed by atoms with Crippen molar-refractivity contribution in [3.05, 3.63) is 88.0 Å². The maximum atomic E-state index is 10.6. The lowest BCUT2D eigenvalue weighted by Gasteiger charge is -2.33. The van der Waals surface area contributed by atoms with Crippen LogP contribution in [0.25, 0.3) is 0 Å². The molecule has 9 nitrogen and oxygen atoms in total. The summed E-state index contributed by atoms with van der Waals surface area (Å²) in [5.41, 5.74) is 17.4. The third-order valence-corrected chi connectivity index (χ3v) is 11.4. The molecule has 3 aromatic rings. The first-order valence-electron chi connectivity index (χ1n) is 19.6. The van der Waals surface area contributed by atoms with Crippen LogP contribution in [0.3, 0.4) is 0 Å². The molecule has 0 heterocycles. The van der Waals surface area contributed by atoms with Gasteiger partial charge in [0.1, 0.15) is 17.2 Å². The molecule has 0 bridgehead atoms. The number of aryl methyl sites for hydroxylation is 1. The number of phenolic OH excluding ortho intramolecular Hbond substituents is 3. The van der Waals surface area contributed by atoms with Crippen molar-refractivity contribution in [3.63, 3.8) is 0 Å². The highest BCUT2D eigenvalue weighted by atomic mass is 16.3. The van der Waals surface area contributed by atoms with Crippen molar-refractivity contribution in [2.24, 2.45) is 11.5 Å². The second-order valence-electron chi connectivity index (χ2n) is 15.0. The van der Waals surface area contributed by atoms with Gasteiger partial charge in [-0.05, 0) is 51.0 Å². The lowest BCUT2D eigenvalue weighted by Crippen LogP contribution is -2.49. The van der Waals surface area contributed by atoms with E-state index in [1.807, 2.05) is 55.5 Å². The lowest BCUT2D eigenvalue weighted by atomic mass is 9.89. The highest BCUT2D eigenvalue weighted by Crippen LogP contribution is 2.27. The van der Waals surface area contributed by atoms with E-state index in [2.05, 4.69) is 27.3 Å². The number of hydrogen-bond acceptors (Lipinski definition) is 9. The first kappa shape index (κ1) is 39.0. The molecule has 11 N–H and O–H groups in total. The zero-order valence-corrected chi connectivity index (χ0v) is 30.8. The molecule has 3 aliphatic rings. The molecule has 0 amide bonds. The number of aromatic hydroxyl groups is 3. The van der Waals surface area contributed by atoms with Crippen LogP contribution in [0, 0.1) is 6.92 Å². The highest BCUT2D eigenvalue weighted by Gasteiger charge is 2.25. The van der Waals surface area contributed by atoms with Crippen molar-refractivity contribution < 1.29 is 15.3 Å². The Hall–Kier alpha value is -3.18. The summed E-state index contributed by atoms with van der Waals surface area (Å²) in [5.74, 6) is 1.13. The van der Waals surface area contributed by atoms with Crippen LogP contribution in [0.4, 0.5) is 0 Å². The summed E-state index contributed by atoms with van der Waals surface area (Å²) in [6.45, 7) is 5.00. The quantitative estimate of drug-likeness (QED) is 0.101. The minimum atomic E-state index is 0.247. The molecule has 6 rings (SSSR count). The highest BCUT2D eigenvalue weighted by molar-refractivity contribution is 5.41. The van der Waals surface area contributed by atoms with Gasteiger partial charge in [0.15, 0.2) is 0 Å². The van der Waals surface area contributed by atoms with Gasteiger partial charge >= 0.3 is 0 Å². The maximum absolute atomic E-state index is 10.6. The Morgan fingerprint density at radius 2 is 0.922 bits per heavy atom. The van der Waals surface area contributed by atoms with Crippen LogP contribution < -0.4 is 32.7 Å². The van der Waals surface area contributed by atoms with E-state index >= 15 is 0 Å². The van der Waals surface area contributed by atoms with E-state index in [9.17, 15) is 15.3 Å². The summed E-state index contributed by atoms with van der Waals surface area (Å²) >= 11 is 0. The predicted octanol–water partition coefficient (Wildman–Crippen LogP) is 6.23. The van der Waals surface area contributed by atoms with Gasteiger partial charge in [-0.25, -0.2) is 0 Å². The third-order valence-electron chi connectivity index (χ3n) is 11.4. The summed E-state index contributed by atoms with van der Waals surface area (Å²) in [4.78, 5) is 0. The fourth-order valence-corrected chi connectivity index (χ4v) is 8.06. The van der Waals surface area contributed by atoms with E-state index in [-0.39, 0.29) is 6.04 Å². The summed E-state index contributed by atoms with van der Waals surface area (Å²) < 4.78 is 0. The summed E-state index contributed by atoms with van der Waals surface area (Å²) in [5, 5.41) is 45.6. The fraction of sp³-hybridized carbons (Fsp3) is 0.571. The van der Waals surface area contributed by atoms with Gasteiger partial charge in [0.2, 0.25) is 0 Å². The zero-order valence-electron chi connectivity index (χ0n) is 30.8. The van der Waals surface area contributed by atoms with Crippen molar-refractivity contribution in [1.82, 2.24) is 21.3 Å². The zero-order chi connectivity index (χ0) is 36.0. The molecule has 4 unspecified atom stereocenters. The number of phenols is 3. The smallest absolute Gasteiger partial charge is 0.124 e. The summed E-state index contributed by atoms with van der Waals surface area (Å²) in [6.07, 6.45) is 15.9. The largest absolute Gasteiger partial charge is 0.507 e. The van der Waals surface area contributed by atoms with E-state index in [4.69, 9.17) is 11.5 Å². The Kier molecular flexibility index (Phi) is 15.4. The van der Waals surface area contributed by atoms with Gasteiger partial charge in [0.25, 0.3) is 0 Å². The Labute approximate surface area is 306 Å². The Balaban J connectivity index is 0.000000199. The van der Waals surface area contributed by atoms with Crippen molar-refractivity contribution in [2.45, 2.75) is 153 Å². The van der Waals surface area contributed by atoms with Gasteiger partial charge in [0, 0.05) is 90.8 Å². The second kappa shape index (κ2) is 20.2. The average molecular weight is 701 g/mol. The van der Waals surface area contributed by atoms with Crippen LogP contribution in [-0.2, 0) is 32.7 Å². The standard InChI is InChI=1S/C22H31N3O2.C20H33N3O/c1-15-6-4-8-17(21(15)26)13-24-19-10-2-3-11-20(19)25-14-18-9-5-7-16(12-23)22(18)27;21-18-11-4-5-12-19(18)23-14-16-8-6-7-15(20(16)24)13-22-17-9-2-1-3-10-17/h4-9,19-20,24-27H,2-3,10-14,23H2,1H3;6-8,17-19,22-24H,1-5,9-14,21H2. The molecular formula is C42H64N6O3. The molecule has 0 aliphatic heterocycles. The number of para-hydroxylation sites is 3. The minimum Gasteiger partial charge on any atom is -0.507 e. The van der Waals surface area contributed by atoms with Gasteiger partial charge in [-0.2, -0.15) is 0 Å². The summed E-state index contributed by atoms with van der Waals surface area (Å²) in [6, 6.07) is 19.6. The first-order valence-corrected chi connectivity index (χ1v) is 19.6. The van der Waals surface area contributed by atoms with E-state index < -0.39 is 0 Å². The first-order chi connectivity index (χ1) is 24.8. The molecule has 4 atom stereocenters. The van der Waals surface area contributed by atoms with Crippen molar-refractivity contribution in [1.29, 1.82) is 0 Å². The maximum Gasteiger partial charge on any atom is 0.124 e. The lowest BCUT2D eigenvalue weighted by molar-refractivity contribution is 0.279. The van der Waals surface area contributed by atoms with Crippen LogP contribution >= 0.6 is 0 Å². The second-order valence-corrected chi connectivity index (χ2v) is 15.0. The predicted molar refractivity (Wildman–Crippen MR) is 207 cm³/mol. The molecule has 3 saturated carbocycles. The van der Waals surface area contributed by atoms with Crippen LogP contribution in [0.1, 0.15) is 117 Å². The molecule has 3 aliphatic carbocycles. The number of nitrogens with two attached hydrogens (primary N) is 2. The van der Waals surface area contributed by atoms with E-state index in [0.29, 0.717) is 67.6 Å². The van der Waals surface area contributed by atoms with E-state index in [1.54, 1.807) is 0 Å². The molecule has 0 saturated heterocycles.